The lowest BCUT2D eigenvalue weighted by atomic mass is 10.2. The van der Waals surface area contributed by atoms with E-state index in [2.05, 4.69) is 5.16 Å². The second-order valence-corrected chi connectivity index (χ2v) is 3.60. The van der Waals surface area contributed by atoms with Crippen molar-refractivity contribution in [1.29, 1.82) is 0 Å². The first-order valence-corrected chi connectivity index (χ1v) is 5.30. The molecule has 4 nitrogen and oxygen atoms in total. The summed E-state index contributed by atoms with van der Waals surface area (Å²) in [6, 6.07) is 9.37. The molecule has 0 saturated heterocycles. The largest absolute Gasteiger partial charge is 0.477 e. The van der Waals surface area contributed by atoms with E-state index in [1.807, 2.05) is 30.3 Å². The normalized spacial score (nSPS) is 12.4. The molecular formula is C12H12ClNO3. The number of carboxylic acid groups (broad SMARTS) is 1. The lowest BCUT2D eigenvalue weighted by Crippen LogP contribution is -2.08. The number of nitrogens with zero attached hydrogens (tertiary/aromatic N) is 1. The van der Waals surface area contributed by atoms with Crippen LogP contribution in [0.4, 0.5) is 0 Å². The number of hydrogen-bond donors (Lipinski definition) is 1. The van der Waals surface area contributed by atoms with E-state index >= 15 is 0 Å². The highest BCUT2D eigenvalue weighted by Crippen LogP contribution is 2.17. The molecule has 0 saturated carbocycles. The molecule has 1 aromatic carbocycles. The van der Waals surface area contributed by atoms with Gasteiger partial charge in [-0.1, -0.05) is 47.1 Å². The summed E-state index contributed by atoms with van der Waals surface area (Å²) in [5, 5.41) is 12.5. The Bertz CT molecular complexity index is 440. The van der Waals surface area contributed by atoms with Gasteiger partial charge in [-0.05, 0) is 18.6 Å². The van der Waals surface area contributed by atoms with Crippen molar-refractivity contribution in [1.82, 2.24) is 0 Å². The summed E-state index contributed by atoms with van der Waals surface area (Å²) in [6.07, 6.45) is 1.62. The Morgan fingerprint density at radius 2 is 2.12 bits per heavy atom. The molecule has 1 aromatic rings. The zero-order chi connectivity index (χ0) is 12.7. The SMILES string of the molecule is CC(=NOCC=C(Cl)c1ccccc1)C(=O)O. The van der Waals surface area contributed by atoms with Crippen molar-refractivity contribution in [3.8, 4) is 0 Å². The predicted molar refractivity (Wildman–Crippen MR) is 67.0 cm³/mol. The fourth-order valence-electron chi connectivity index (χ4n) is 0.999. The highest BCUT2D eigenvalue weighted by molar-refractivity contribution is 6.48. The number of benzene rings is 1. The number of carboxylic acids is 1. The molecule has 0 spiro atoms. The predicted octanol–water partition coefficient (Wildman–Crippen LogP) is 2.74. The van der Waals surface area contributed by atoms with E-state index in [0.29, 0.717) is 5.03 Å². The molecule has 5 heteroatoms. The Hall–Kier alpha value is -1.81. The number of aliphatic carboxylic acids is 1. The number of carbonyl (C=O) groups is 1. The third kappa shape index (κ3) is 4.70. The van der Waals surface area contributed by atoms with Crippen LogP contribution < -0.4 is 0 Å². The number of halogens is 1. The quantitative estimate of drug-likeness (QED) is 0.499. The first kappa shape index (κ1) is 13.3. The molecule has 0 heterocycles. The van der Waals surface area contributed by atoms with E-state index in [4.69, 9.17) is 21.5 Å². The third-order valence-corrected chi connectivity index (χ3v) is 2.27. The van der Waals surface area contributed by atoms with Gasteiger partial charge in [0.2, 0.25) is 0 Å². The van der Waals surface area contributed by atoms with E-state index in [1.54, 1.807) is 6.08 Å². The highest BCUT2D eigenvalue weighted by Gasteiger charge is 2.01. The van der Waals surface area contributed by atoms with Crippen LogP contribution in [0.5, 0.6) is 0 Å². The maximum Gasteiger partial charge on any atom is 0.353 e. The van der Waals surface area contributed by atoms with E-state index in [0.717, 1.165) is 5.56 Å². The van der Waals surface area contributed by atoms with Crippen LogP contribution in [0.15, 0.2) is 41.6 Å². The van der Waals surface area contributed by atoms with Crippen LogP contribution in [-0.2, 0) is 9.63 Å². The summed E-state index contributed by atoms with van der Waals surface area (Å²) in [7, 11) is 0. The second-order valence-electron chi connectivity index (χ2n) is 3.20. The molecule has 17 heavy (non-hydrogen) atoms. The van der Waals surface area contributed by atoms with Gasteiger partial charge in [-0.3, -0.25) is 0 Å². The molecule has 0 atom stereocenters. The van der Waals surface area contributed by atoms with Crippen molar-refractivity contribution in [3.63, 3.8) is 0 Å². The molecule has 0 aliphatic heterocycles. The Morgan fingerprint density at radius 1 is 1.47 bits per heavy atom. The molecule has 0 aliphatic carbocycles. The number of rotatable bonds is 5. The molecule has 0 fully saturated rings. The van der Waals surface area contributed by atoms with Crippen LogP contribution in [-0.4, -0.2) is 23.4 Å². The van der Waals surface area contributed by atoms with Crippen molar-refractivity contribution in [2.45, 2.75) is 6.92 Å². The Kier molecular flexibility index (Phi) is 5.23. The molecule has 0 aromatic heterocycles. The molecular weight excluding hydrogens is 242 g/mol. The summed E-state index contributed by atoms with van der Waals surface area (Å²) in [6.45, 7) is 1.48. The maximum absolute atomic E-state index is 10.4. The van der Waals surface area contributed by atoms with Crippen molar-refractivity contribution in [2.75, 3.05) is 6.61 Å². The Balaban J connectivity index is 2.50. The molecule has 0 bridgehead atoms. The molecule has 90 valence electrons. The van der Waals surface area contributed by atoms with Gasteiger partial charge in [0.05, 0.1) is 0 Å². The maximum atomic E-state index is 10.4. The zero-order valence-corrected chi connectivity index (χ0v) is 10.0. The van der Waals surface area contributed by atoms with Gasteiger partial charge in [-0.2, -0.15) is 0 Å². The van der Waals surface area contributed by atoms with Gasteiger partial charge in [0.1, 0.15) is 6.61 Å². The smallest absolute Gasteiger partial charge is 0.353 e. The van der Waals surface area contributed by atoms with Gasteiger partial charge in [0, 0.05) is 5.03 Å². The topological polar surface area (TPSA) is 58.9 Å². The second kappa shape index (κ2) is 6.70. The molecule has 1 rings (SSSR count). The third-order valence-electron chi connectivity index (χ3n) is 1.90. The first-order chi connectivity index (χ1) is 8.11. The van der Waals surface area contributed by atoms with Crippen molar-refractivity contribution in [2.24, 2.45) is 5.16 Å². The molecule has 1 N–H and O–H groups in total. The zero-order valence-electron chi connectivity index (χ0n) is 9.26. The fraction of sp³-hybridized carbons (Fsp3) is 0.167. The van der Waals surface area contributed by atoms with Gasteiger partial charge < -0.3 is 9.94 Å². The van der Waals surface area contributed by atoms with Crippen molar-refractivity contribution >= 4 is 28.3 Å². The lowest BCUT2D eigenvalue weighted by molar-refractivity contribution is -0.129. The lowest BCUT2D eigenvalue weighted by Gasteiger charge is -1.99. The molecule has 0 unspecified atom stereocenters. The minimum Gasteiger partial charge on any atom is -0.477 e. The number of hydrogen-bond acceptors (Lipinski definition) is 3. The van der Waals surface area contributed by atoms with E-state index < -0.39 is 5.97 Å². The minimum atomic E-state index is -1.11. The average Bonchev–Trinajstić information content (AvgIpc) is 2.35. The summed E-state index contributed by atoms with van der Waals surface area (Å²) in [5.41, 5.74) is 0.769. The van der Waals surface area contributed by atoms with Crippen LogP contribution in [0.2, 0.25) is 0 Å². The molecule has 0 radical (unpaired) electrons. The van der Waals surface area contributed by atoms with Crippen LogP contribution in [0.25, 0.3) is 5.03 Å². The summed E-state index contributed by atoms with van der Waals surface area (Å²) in [5.74, 6) is -1.11. The minimum absolute atomic E-state index is 0.103. The van der Waals surface area contributed by atoms with Gasteiger partial charge >= 0.3 is 5.97 Å². The number of oxime groups is 1. The van der Waals surface area contributed by atoms with Gasteiger partial charge in [-0.15, -0.1) is 0 Å². The van der Waals surface area contributed by atoms with Gasteiger partial charge in [0.25, 0.3) is 0 Å². The summed E-state index contributed by atoms with van der Waals surface area (Å²) >= 11 is 6.00. The van der Waals surface area contributed by atoms with Crippen LogP contribution in [0.1, 0.15) is 12.5 Å². The van der Waals surface area contributed by atoms with Gasteiger partial charge in [-0.25, -0.2) is 4.79 Å². The monoisotopic (exact) mass is 253 g/mol. The van der Waals surface area contributed by atoms with Gasteiger partial charge in [0.15, 0.2) is 5.71 Å². The van der Waals surface area contributed by atoms with E-state index in [-0.39, 0.29) is 12.3 Å². The highest BCUT2D eigenvalue weighted by atomic mass is 35.5. The van der Waals surface area contributed by atoms with Crippen molar-refractivity contribution < 1.29 is 14.7 Å². The Morgan fingerprint density at radius 3 is 2.71 bits per heavy atom. The summed E-state index contributed by atoms with van der Waals surface area (Å²) < 4.78 is 0. The Labute approximate surface area is 104 Å². The molecule has 0 amide bonds. The van der Waals surface area contributed by atoms with Crippen LogP contribution in [0.3, 0.4) is 0 Å². The average molecular weight is 254 g/mol. The summed E-state index contributed by atoms with van der Waals surface area (Å²) in [4.78, 5) is 15.2. The standard InChI is InChI=1S/C12H12ClNO3/c1-9(12(15)16)14-17-8-7-11(13)10-5-3-2-4-6-10/h2-7H,8H2,1H3,(H,15,16). The van der Waals surface area contributed by atoms with E-state index in [9.17, 15) is 4.79 Å². The fourth-order valence-corrected chi connectivity index (χ4v) is 1.19. The van der Waals surface area contributed by atoms with E-state index in [1.165, 1.54) is 6.92 Å². The van der Waals surface area contributed by atoms with Crippen LogP contribution in [0, 0.1) is 0 Å². The van der Waals surface area contributed by atoms with Crippen molar-refractivity contribution in [3.05, 3.63) is 42.0 Å². The first-order valence-electron chi connectivity index (χ1n) is 4.92. The van der Waals surface area contributed by atoms with Crippen LogP contribution >= 0.6 is 11.6 Å². The molecule has 0 aliphatic rings.